The molecule has 2 aliphatic rings. The van der Waals surface area contributed by atoms with Gasteiger partial charge in [0.15, 0.2) is 0 Å². The highest BCUT2D eigenvalue weighted by atomic mass is 16.5. The van der Waals surface area contributed by atoms with E-state index in [1.807, 2.05) is 0 Å². The largest absolute Gasteiger partial charge is 0.381 e. The van der Waals surface area contributed by atoms with Crippen LogP contribution in [0.1, 0.15) is 32.1 Å². The maximum Gasteiger partial charge on any atom is 0.0621 e. The molecule has 84 valence electrons. The van der Waals surface area contributed by atoms with E-state index in [-0.39, 0.29) is 0 Å². The molecular formula is C12H20N2O. The van der Waals surface area contributed by atoms with Crippen molar-refractivity contribution in [1.29, 1.82) is 5.26 Å². The maximum absolute atomic E-state index is 8.42. The molecule has 0 aromatic carbocycles. The van der Waals surface area contributed by atoms with Crippen LogP contribution < -0.4 is 0 Å². The summed E-state index contributed by atoms with van der Waals surface area (Å²) in [6, 6.07) is 2.20. The summed E-state index contributed by atoms with van der Waals surface area (Å²) >= 11 is 0. The molecule has 0 N–H and O–H groups in total. The Balaban J connectivity index is 1.59. The highest BCUT2D eigenvalue weighted by Crippen LogP contribution is 2.39. The number of rotatable bonds is 4. The lowest BCUT2D eigenvalue weighted by Gasteiger charge is -2.52. The smallest absolute Gasteiger partial charge is 0.0621 e. The molecule has 0 amide bonds. The van der Waals surface area contributed by atoms with Crippen LogP contribution >= 0.6 is 0 Å². The molecule has 0 aromatic heterocycles. The second-order valence-corrected chi connectivity index (χ2v) is 4.94. The zero-order chi connectivity index (χ0) is 10.6. The lowest BCUT2D eigenvalue weighted by molar-refractivity contribution is -0.0805. The van der Waals surface area contributed by atoms with Gasteiger partial charge < -0.3 is 9.64 Å². The zero-order valence-corrected chi connectivity index (χ0v) is 9.37. The molecule has 2 heterocycles. The molecule has 3 nitrogen and oxygen atoms in total. The molecule has 0 aromatic rings. The van der Waals surface area contributed by atoms with Gasteiger partial charge in [-0.25, -0.2) is 0 Å². The number of nitriles is 1. The highest BCUT2D eigenvalue weighted by Gasteiger charge is 2.43. The molecule has 0 radical (unpaired) electrons. The Morgan fingerprint density at radius 1 is 1.20 bits per heavy atom. The minimum absolute atomic E-state index is 0.605. The number of likely N-dealkylation sites (tertiary alicyclic amines) is 1. The SMILES string of the molecule is N#CCCCCN1CC2(CCOCC2)C1. The summed E-state index contributed by atoms with van der Waals surface area (Å²) in [5.41, 5.74) is 0.605. The minimum Gasteiger partial charge on any atom is -0.381 e. The number of ether oxygens (including phenoxy) is 1. The van der Waals surface area contributed by atoms with Gasteiger partial charge in [-0.2, -0.15) is 5.26 Å². The van der Waals surface area contributed by atoms with Crippen LogP contribution in [0.2, 0.25) is 0 Å². The fraction of sp³-hybridized carbons (Fsp3) is 0.917. The van der Waals surface area contributed by atoms with Gasteiger partial charge in [-0.1, -0.05) is 0 Å². The van der Waals surface area contributed by atoms with Crippen LogP contribution in [0.15, 0.2) is 0 Å². The van der Waals surface area contributed by atoms with Crippen molar-refractivity contribution in [2.24, 2.45) is 5.41 Å². The minimum atomic E-state index is 0.605. The fourth-order valence-corrected chi connectivity index (χ4v) is 2.72. The van der Waals surface area contributed by atoms with Gasteiger partial charge in [-0.05, 0) is 32.2 Å². The molecule has 1 spiro atoms. The Morgan fingerprint density at radius 2 is 1.93 bits per heavy atom. The first-order valence-electron chi connectivity index (χ1n) is 6.02. The van der Waals surface area contributed by atoms with Crippen LogP contribution in [0.25, 0.3) is 0 Å². The van der Waals surface area contributed by atoms with Crippen molar-refractivity contribution in [2.45, 2.75) is 32.1 Å². The third-order valence-electron chi connectivity index (χ3n) is 3.68. The Hall–Kier alpha value is -0.590. The predicted molar refractivity (Wildman–Crippen MR) is 58.4 cm³/mol. The van der Waals surface area contributed by atoms with E-state index >= 15 is 0 Å². The van der Waals surface area contributed by atoms with Crippen molar-refractivity contribution in [3.8, 4) is 6.07 Å². The molecule has 2 saturated heterocycles. The summed E-state index contributed by atoms with van der Waals surface area (Å²) < 4.78 is 5.39. The van der Waals surface area contributed by atoms with E-state index in [4.69, 9.17) is 10.00 Å². The summed E-state index contributed by atoms with van der Waals surface area (Å²) in [6.45, 7) is 5.64. The van der Waals surface area contributed by atoms with E-state index in [1.165, 1.54) is 38.9 Å². The average Bonchev–Trinajstić information content (AvgIpc) is 2.23. The number of hydrogen-bond donors (Lipinski definition) is 0. The summed E-state index contributed by atoms with van der Waals surface area (Å²) in [7, 11) is 0. The molecule has 2 aliphatic heterocycles. The van der Waals surface area contributed by atoms with Crippen LogP contribution in [0.3, 0.4) is 0 Å². The summed E-state index contributed by atoms with van der Waals surface area (Å²) in [5.74, 6) is 0. The van der Waals surface area contributed by atoms with Crippen LogP contribution in [-0.2, 0) is 4.74 Å². The summed E-state index contributed by atoms with van der Waals surface area (Å²) in [6.07, 6.45) is 5.46. The molecule has 15 heavy (non-hydrogen) atoms. The van der Waals surface area contributed by atoms with Crippen molar-refractivity contribution in [3.63, 3.8) is 0 Å². The summed E-state index contributed by atoms with van der Waals surface area (Å²) in [5, 5.41) is 8.42. The van der Waals surface area contributed by atoms with Crippen LogP contribution in [-0.4, -0.2) is 37.7 Å². The second-order valence-electron chi connectivity index (χ2n) is 4.94. The van der Waals surface area contributed by atoms with Gasteiger partial charge in [0, 0.05) is 38.1 Å². The maximum atomic E-state index is 8.42. The van der Waals surface area contributed by atoms with E-state index in [9.17, 15) is 0 Å². The van der Waals surface area contributed by atoms with Crippen LogP contribution in [0.5, 0.6) is 0 Å². The van der Waals surface area contributed by atoms with Gasteiger partial charge in [-0.15, -0.1) is 0 Å². The number of hydrogen-bond acceptors (Lipinski definition) is 3. The first-order valence-corrected chi connectivity index (χ1v) is 6.02. The molecule has 0 bridgehead atoms. The Morgan fingerprint density at radius 3 is 2.60 bits per heavy atom. The first-order chi connectivity index (χ1) is 7.35. The standard InChI is InChI=1S/C12H20N2O/c13-6-2-1-3-7-14-10-12(11-14)4-8-15-9-5-12/h1-5,7-11H2. The quantitative estimate of drug-likeness (QED) is 0.661. The van der Waals surface area contributed by atoms with E-state index in [0.29, 0.717) is 11.8 Å². The van der Waals surface area contributed by atoms with E-state index in [2.05, 4.69) is 11.0 Å². The monoisotopic (exact) mass is 208 g/mol. The molecule has 2 fully saturated rings. The van der Waals surface area contributed by atoms with Gasteiger partial charge in [-0.3, -0.25) is 0 Å². The molecule has 2 rings (SSSR count). The van der Waals surface area contributed by atoms with Crippen molar-refractivity contribution in [2.75, 3.05) is 32.8 Å². The van der Waals surface area contributed by atoms with Gasteiger partial charge >= 0.3 is 0 Å². The van der Waals surface area contributed by atoms with Crippen molar-refractivity contribution in [1.82, 2.24) is 4.90 Å². The lowest BCUT2D eigenvalue weighted by atomic mass is 9.73. The predicted octanol–water partition coefficient (Wildman–Crippen LogP) is 1.79. The molecule has 3 heteroatoms. The number of unbranched alkanes of at least 4 members (excludes halogenated alkanes) is 2. The normalized spacial score (nSPS) is 24.7. The summed E-state index contributed by atoms with van der Waals surface area (Å²) in [4.78, 5) is 2.53. The molecule has 0 aliphatic carbocycles. The first kappa shape index (κ1) is 10.9. The van der Waals surface area contributed by atoms with Crippen molar-refractivity contribution < 1.29 is 4.74 Å². The lowest BCUT2D eigenvalue weighted by Crippen LogP contribution is -2.58. The third-order valence-corrected chi connectivity index (χ3v) is 3.68. The van der Waals surface area contributed by atoms with E-state index in [1.54, 1.807) is 0 Å². The molecule has 0 unspecified atom stereocenters. The Labute approximate surface area is 92.0 Å². The van der Waals surface area contributed by atoms with Crippen LogP contribution in [0.4, 0.5) is 0 Å². The van der Waals surface area contributed by atoms with Gasteiger partial charge in [0.1, 0.15) is 0 Å². The Bertz CT molecular complexity index is 232. The number of nitrogens with zero attached hydrogens (tertiary/aromatic N) is 2. The molecular weight excluding hydrogens is 188 g/mol. The Kier molecular flexibility index (Phi) is 3.61. The van der Waals surface area contributed by atoms with E-state index in [0.717, 1.165) is 19.6 Å². The van der Waals surface area contributed by atoms with Gasteiger partial charge in [0.05, 0.1) is 6.07 Å². The fourth-order valence-electron chi connectivity index (χ4n) is 2.72. The van der Waals surface area contributed by atoms with Crippen molar-refractivity contribution in [3.05, 3.63) is 0 Å². The highest BCUT2D eigenvalue weighted by molar-refractivity contribution is 4.95. The average molecular weight is 208 g/mol. The second kappa shape index (κ2) is 4.96. The van der Waals surface area contributed by atoms with Crippen molar-refractivity contribution >= 4 is 0 Å². The topological polar surface area (TPSA) is 36.3 Å². The molecule has 0 atom stereocenters. The van der Waals surface area contributed by atoms with Gasteiger partial charge in [0.25, 0.3) is 0 Å². The van der Waals surface area contributed by atoms with E-state index < -0.39 is 0 Å². The molecule has 0 saturated carbocycles. The third kappa shape index (κ3) is 2.70. The van der Waals surface area contributed by atoms with Crippen LogP contribution in [0, 0.1) is 16.7 Å². The zero-order valence-electron chi connectivity index (χ0n) is 9.37. The van der Waals surface area contributed by atoms with Gasteiger partial charge in [0.2, 0.25) is 0 Å².